The lowest BCUT2D eigenvalue weighted by Gasteiger charge is -2.28. The Hall–Kier alpha value is -3.19. The predicted octanol–water partition coefficient (Wildman–Crippen LogP) is 2.49. The molecule has 1 aliphatic rings. The molecule has 0 bridgehead atoms. The fraction of sp³-hybridized carbons (Fsp3) is 0.286. The van der Waals surface area contributed by atoms with Crippen LogP contribution in [0.1, 0.15) is 23.7 Å². The molecule has 0 radical (unpaired) electrons. The molecule has 3 heterocycles. The number of benzene rings is 1. The number of pyridine rings is 1. The van der Waals surface area contributed by atoms with Crippen LogP contribution < -0.4 is 10.3 Å². The van der Waals surface area contributed by atoms with Gasteiger partial charge >= 0.3 is 0 Å². The van der Waals surface area contributed by atoms with Crippen molar-refractivity contribution in [2.75, 3.05) is 13.2 Å². The van der Waals surface area contributed by atoms with Crippen molar-refractivity contribution in [1.82, 2.24) is 19.9 Å². The van der Waals surface area contributed by atoms with Crippen molar-refractivity contribution < 1.29 is 9.84 Å². The standard InChI is InChI=1S/C21H22N4O3/c1-2-28-18-7-3-5-15(19(18)26)12-25-10-8-17-16(13-25)21(27)24-20(23-17)14-6-4-9-22-11-14/h3-7,9,11,26H,2,8,10,12-13H2,1H3,(H,23,24,27). The van der Waals surface area contributed by atoms with Crippen LogP contribution in [0, 0.1) is 0 Å². The topological polar surface area (TPSA) is 91.3 Å². The molecule has 2 N–H and O–H groups in total. The molecule has 0 atom stereocenters. The summed E-state index contributed by atoms with van der Waals surface area (Å²) >= 11 is 0. The van der Waals surface area contributed by atoms with Gasteiger partial charge in [-0.3, -0.25) is 14.7 Å². The number of para-hydroxylation sites is 1. The number of rotatable bonds is 5. The van der Waals surface area contributed by atoms with E-state index in [-0.39, 0.29) is 11.3 Å². The Labute approximate surface area is 162 Å². The first-order valence-corrected chi connectivity index (χ1v) is 9.34. The van der Waals surface area contributed by atoms with Gasteiger partial charge in [0.2, 0.25) is 0 Å². The van der Waals surface area contributed by atoms with Gasteiger partial charge in [-0.25, -0.2) is 4.98 Å². The van der Waals surface area contributed by atoms with Gasteiger partial charge in [-0.2, -0.15) is 0 Å². The third-order valence-corrected chi connectivity index (χ3v) is 4.86. The lowest BCUT2D eigenvalue weighted by atomic mass is 10.0. The number of H-pyrrole nitrogens is 1. The summed E-state index contributed by atoms with van der Waals surface area (Å²) in [5.41, 5.74) is 2.96. The van der Waals surface area contributed by atoms with Crippen molar-refractivity contribution in [3.8, 4) is 22.9 Å². The molecule has 0 saturated carbocycles. The summed E-state index contributed by atoms with van der Waals surface area (Å²) in [5.74, 6) is 1.19. The molecule has 0 unspecified atom stereocenters. The number of aromatic nitrogens is 3. The number of hydrogen-bond acceptors (Lipinski definition) is 6. The Morgan fingerprint density at radius 2 is 2.18 bits per heavy atom. The number of ether oxygens (including phenoxy) is 1. The van der Waals surface area contributed by atoms with E-state index in [1.807, 2.05) is 31.2 Å². The monoisotopic (exact) mass is 378 g/mol. The number of nitrogens with one attached hydrogen (secondary N) is 1. The van der Waals surface area contributed by atoms with Crippen LogP contribution in [-0.4, -0.2) is 38.1 Å². The highest BCUT2D eigenvalue weighted by molar-refractivity contribution is 5.53. The second-order valence-electron chi connectivity index (χ2n) is 6.74. The normalized spacial score (nSPS) is 13.9. The number of aromatic amines is 1. The molecule has 0 saturated heterocycles. The highest BCUT2D eigenvalue weighted by Crippen LogP contribution is 2.31. The van der Waals surface area contributed by atoms with Gasteiger partial charge in [0.1, 0.15) is 5.82 Å². The fourth-order valence-corrected chi connectivity index (χ4v) is 3.46. The molecule has 144 valence electrons. The lowest BCUT2D eigenvalue weighted by Crippen LogP contribution is -2.35. The van der Waals surface area contributed by atoms with Gasteiger partial charge in [-0.1, -0.05) is 12.1 Å². The average Bonchev–Trinajstić information content (AvgIpc) is 2.72. The second-order valence-corrected chi connectivity index (χ2v) is 6.74. The molecule has 1 aromatic carbocycles. The van der Waals surface area contributed by atoms with E-state index in [2.05, 4.69) is 19.9 Å². The molecular formula is C21H22N4O3. The van der Waals surface area contributed by atoms with Gasteiger partial charge in [-0.15, -0.1) is 0 Å². The predicted molar refractivity (Wildman–Crippen MR) is 105 cm³/mol. The van der Waals surface area contributed by atoms with E-state index in [1.165, 1.54) is 0 Å². The Kier molecular flexibility index (Phi) is 5.08. The lowest BCUT2D eigenvalue weighted by molar-refractivity contribution is 0.237. The molecular weight excluding hydrogens is 356 g/mol. The number of phenolic OH excluding ortho intramolecular Hbond substituents is 1. The Bertz CT molecular complexity index is 1030. The molecule has 2 aromatic heterocycles. The smallest absolute Gasteiger partial charge is 0.255 e. The summed E-state index contributed by atoms with van der Waals surface area (Å²) in [7, 11) is 0. The molecule has 1 aliphatic heterocycles. The van der Waals surface area contributed by atoms with Gasteiger partial charge in [-0.05, 0) is 25.1 Å². The number of hydrogen-bond donors (Lipinski definition) is 2. The third-order valence-electron chi connectivity index (χ3n) is 4.86. The number of phenols is 1. The highest BCUT2D eigenvalue weighted by atomic mass is 16.5. The zero-order valence-corrected chi connectivity index (χ0v) is 15.7. The van der Waals surface area contributed by atoms with Gasteiger partial charge in [0.05, 0.1) is 17.9 Å². The van der Waals surface area contributed by atoms with Crippen molar-refractivity contribution in [2.24, 2.45) is 0 Å². The Balaban J connectivity index is 1.56. The minimum atomic E-state index is -0.124. The van der Waals surface area contributed by atoms with E-state index >= 15 is 0 Å². The second kappa shape index (κ2) is 7.82. The van der Waals surface area contributed by atoms with Crippen LogP contribution >= 0.6 is 0 Å². The molecule has 7 heteroatoms. The van der Waals surface area contributed by atoms with E-state index in [1.54, 1.807) is 18.5 Å². The van der Waals surface area contributed by atoms with Gasteiger partial charge < -0.3 is 14.8 Å². The minimum absolute atomic E-state index is 0.124. The van der Waals surface area contributed by atoms with Crippen molar-refractivity contribution in [2.45, 2.75) is 26.4 Å². The van der Waals surface area contributed by atoms with Crippen molar-refractivity contribution in [3.63, 3.8) is 0 Å². The maximum absolute atomic E-state index is 12.7. The molecule has 0 amide bonds. The van der Waals surface area contributed by atoms with E-state index in [0.29, 0.717) is 43.3 Å². The van der Waals surface area contributed by atoms with Gasteiger partial charge in [0.15, 0.2) is 11.5 Å². The summed E-state index contributed by atoms with van der Waals surface area (Å²) in [5, 5.41) is 10.4. The zero-order chi connectivity index (χ0) is 19.5. The van der Waals surface area contributed by atoms with Gasteiger partial charge in [0, 0.05) is 49.6 Å². The quantitative estimate of drug-likeness (QED) is 0.709. The van der Waals surface area contributed by atoms with E-state index in [0.717, 1.165) is 23.4 Å². The molecule has 0 aliphatic carbocycles. The van der Waals surface area contributed by atoms with E-state index < -0.39 is 0 Å². The molecule has 4 rings (SSSR count). The fourth-order valence-electron chi connectivity index (χ4n) is 3.46. The first kappa shape index (κ1) is 18.2. The number of fused-ring (bicyclic) bond motifs is 1. The molecule has 7 nitrogen and oxygen atoms in total. The van der Waals surface area contributed by atoms with Crippen LogP contribution in [0.25, 0.3) is 11.4 Å². The summed E-state index contributed by atoms with van der Waals surface area (Å²) in [6.45, 7) is 4.16. The Morgan fingerprint density at radius 1 is 1.29 bits per heavy atom. The number of nitrogens with zero attached hydrogens (tertiary/aromatic N) is 3. The highest BCUT2D eigenvalue weighted by Gasteiger charge is 2.22. The maximum atomic E-state index is 12.7. The first-order chi connectivity index (χ1) is 13.7. The summed E-state index contributed by atoms with van der Waals surface area (Å²) in [4.78, 5) is 26.4. The molecule has 3 aromatic rings. The van der Waals surface area contributed by atoms with E-state index in [4.69, 9.17) is 4.74 Å². The summed E-state index contributed by atoms with van der Waals surface area (Å²) < 4.78 is 5.46. The summed E-state index contributed by atoms with van der Waals surface area (Å²) in [6, 6.07) is 9.19. The van der Waals surface area contributed by atoms with Crippen molar-refractivity contribution in [3.05, 3.63) is 69.9 Å². The van der Waals surface area contributed by atoms with Crippen molar-refractivity contribution >= 4 is 0 Å². The largest absolute Gasteiger partial charge is 0.504 e. The Morgan fingerprint density at radius 3 is 2.96 bits per heavy atom. The maximum Gasteiger partial charge on any atom is 0.255 e. The van der Waals surface area contributed by atoms with E-state index in [9.17, 15) is 9.90 Å². The zero-order valence-electron chi connectivity index (χ0n) is 15.7. The summed E-state index contributed by atoms with van der Waals surface area (Å²) in [6.07, 6.45) is 4.06. The van der Waals surface area contributed by atoms with Crippen LogP contribution in [0.5, 0.6) is 11.5 Å². The van der Waals surface area contributed by atoms with Gasteiger partial charge in [0.25, 0.3) is 5.56 Å². The SMILES string of the molecule is CCOc1cccc(CN2CCc3nc(-c4cccnc4)[nH]c(=O)c3C2)c1O. The number of aromatic hydroxyl groups is 1. The van der Waals surface area contributed by atoms with Crippen molar-refractivity contribution in [1.29, 1.82) is 0 Å². The molecule has 0 fully saturated rings. The molecule has 28 heavy (non-hydrogen) atoms. The van der Waals surface area contributed by atoms with Crippen LogP contribution in [0.4, 0.5) is 0 Å². The first-order valence-electron chi connectivity index (χ1n) is 9.34. The minimum Gasteiger partial charge on any atom is -0.504 e. The van der Waals surface area contributed by atoms with Crippen LogP contribution in [0.3, 0.4) is 0 Å². The van der Waals surface area contributed by atoms with Crippen LogP contribution in [0.2, 0.25) is 0 Å². The third kappa shape index (κ3) is 3.61. The molecule has 0 spiro atoms. The average molecular weight is 378 g/mol. The van der Waals surface area contributed by atoms with Crippen LogP contribution in [0.15, 0.2) is 47.5 Å². The van der Waals surface area contributed by atoms with Crippen LogP contribution in [-0.2, 0) is 19.5 Å².